The van der Waals surface area contributed by atoms with Crippen molar-refractivity contribution < 1.29 is 0 Å². The van der Waals surface area contributed by atoms with Crippen LogP contribution in [0.2, 0.25) is 0 Å². The van der Waals surface area contributed by atoms with Crippen LogP contribution < -0.4 is 0 Å². The van der Waals surface area contributed by atoms with Crippen molar-refractivity contribution in [2.75, 3.05) is 0 Å². The average Bonchev–Trinajstić information content (AvgIpc) is 2.33. The normalized spacial score (nSPS) is 11.5. The highest BCUT2D eigenvalue weighted by molar-refractivity contribution is 8.00. The predicted molar refractivity (Wildman–Crippen MR) is 59.4 cm³/mol. The van der Waals surface area contributed by atoms with E-state index in [0.717, 1.165) is 0 Å². The van der Waals surface area contributed by atoms with Crippen molar-refractivity contribution in [3.05, 3.63) is 16.3 Å². The van der Waals surface area contributed by atoms with Crippen molar-refractivity contribution >= 4 is 23.1 Å². The molecule has 68 valence electrons. The van der Waals surface area contributed by atoms with Gasteiger partial charge < -0.3 is 0 Å². The summed E-state index contributed by atoms with van der Waals surface area (Å²) in [6, 6.07) is 2.24. The van der Waals surface area contributed by atoms with Crippen molar-refractivity contribution in [1.82, 2.24) is 0 Å². The maximum atomic E-state index is 2.26. The summed E-state index contributed by atoms with van der Waals surface area (Å²) in [6.07, 6.45) is 0. The molecule has 0 radical (unpaired) electrons. The van der Waals surface area contributed by atoms with Crippen molar-refractivity contribution in [1.29, 1.82) is 0 Å². The molecule has 1 heterocycles. The summed E-state index contributed by atoms with van der Waals surface area (Å²) >= 11 is 3.85. The minimum atomic E-state index is 0.672. The van der Waals surface area contributed by atoms with E-state index in [4.69, 9.17) is 0 Å². The highest BCUT2D eigenvalue weighted by Gasteiger charge is 2.09. The number of hydrogen-bond donors (Lipinski definition) is 0. The molecule has 1 rings (SSSR count). The molecule has 1 aromatic heterocycles. The first kappa shape index (κ1) is 10.1. The minimum Gasteiger partial charge on any atom is -0.147 e. The topological polar surface area (TPSA) is 0 Å². The second-order valence-corrected chi connectivity index (χ2v) is 6.04. The molecule has 0 nitrogen and oxygen atoms in total. The zero-order chi connectivity index (χ0) is 9.14. The summed E-state index contributed by atoms with van der Waals surface area (Å²) in [5, 5.41) is 2.89. The SMILES string of the molecule is CC(C)Sc1ccsc1C(C)C. The van der Waals surface area contributed by atoms with E-state index in [1.165, 1.54) is 9.77 Å². The third-order valence-corrected chi connectivity index (χ3v) is 3.97. The van der Waals surface area contributed by atoms with Crippen LogP contribution in [0.15, 0.2) is 16.3 Å². The smallest absolute Gasteiger partial charge is 0.0216 e. The standard InChI is InChI=1S/C10H16S2/c1-7(2)10-9(5-6-11-10)12-8(3)4/h5-8H,1-4H3. The molecule has 0 aliphatic rings. The molecule has 0 aliphatic heterocycles. The minimum absolute atomic E-state index is 0.672. The summed E-state index contributed by atoms with van der Waals surface area (Å²) in [5.41, 5.74) is 0. The molecule has 0 fully saturated rings. The fourth-order valence-corrected chi connectivity index (χ4v) is 3.27. The Morgan fingerprint density at radius 1 is 1.25 bits per heavy atom. The molecule has 12 heavy (non-hydrogen) atoms. The first-order valence-electron chi connectivity index (χ1n) is 4.35. The molecular formula is C10H16S2. The number of hydrogen-bond acceptors (Lipinski definition) is 2. The second-order valence-electron chi connectivity index (χ2n) is 3.47. The third kappa shape index (κ3) is 2.53. The van der Waals surface area contributed by atoms with Gasteiger partial charge >= 0.3 is 0 Å². The van der Waals surface area contributed by atoms with Gasteiger partial charge in [-0.2, -0.15) is 0 Å². The van der Waals surface area contributed by atoms with Crippen LogP contribution in [-0.4, -0.2) is 5.25 Å². The second kappa shape index (κ2) is 4.33. The van der Waals surface area contributed by atoms with Gasteiger partial charge in [-0.3, -0.25) is 0 Å². The molecule has 0 aliphatic carbocycles. The molecule has 0 aromatic carbocycles. The van der Waals surface area contributed by atoms with Gasteiger partial charge in [-0.15, -0.1) is 23.1 Å². The number of thiophene rings is 1. The molecular weight excluding hydrogens is 184 g/mol. The summed E-state index contributed by atoms with van der Waals surface area (Å²) in [6.45, 7) is 9.01. The van der Waals surface area contributed by atoms with E-state index >= 15 is 0 Å². The molecule has 1 aromatic rings. The van der Waals surface area contributed by atoms with Crippen molar-refractivity contribution in [3.8, 4) is 0 Å². The van der Waals surface area contributed by atoms with Crippen LogP contribution in [0.3, 0.4) is 0 Å². The lowest BCUT2D eigenvalue weighted by molar-refractivity contribution is 0.868. The van der Waals surface area contributed by atoms with Gasteiger partial charge in [0.15, 0.2) is 0 Å². The lowest BCUT2D eigenvalue weighted by atomic mass is 10.2. The Morgan fingerprint density at radius 3 is 2.42 bits per heavy atom. The van der Waals surface area contributed by atoms with Gasteiger partial charge in [0.2, 0.25) is 0 Å². The monoisotopic (exact) mass is 200 g/mol. The molecule has 0 bridgehead atoms. The molecule has 2 heteroatoms. The average molecular weight is 200 g/mol. The molecule has 0 unspecified atom stereocenters. The van der Waals surface area contributed by atoms with Crippen molar-refractivity contribution in [2.24, 2.45) is 0 Å². The van der Waals surface area contributed by atoms with Crippen LogP contribution in [0.25, 0.3) is 0 Å². The van der Waals surface area contributed by atoms with Crippen LogP contribution in [-0.2, 0) is 0 Å². The molecule has 0 saturated carbocycles. The first-order valence-corrected chi connectivity index (χ1v) is 6.11. The third-order valence-electron chi connectivity index (χ3n) is 1.54. The van der Waals surface area contributed by atoms with E-state index in [9.17, 15) is 0 Å². The quantitative estimate of drug-likeness (QED) is 0.653. The maximum Gasteiger partial charge on any atom is 0.0216 e. The van der Waals surface area contributed by atoms with Gasteiger partial charge in [0.05, 0.1) is 0 Å². The van der Waals surface area contributed by atoms with Crippen LogP contribution in [0.4, 0.5) is 0 Å². The van der Waals surface area contributed by atoms with Crippen molar-refractivity contribution in [3.63, 3.8) is 0 Å². The molecule has 0 spiro atoms. The Kier molecular flexibility index (Phi) is 3.66. The Hall–Kier alpha value is 0.0500. The van der Waals surface area contributed by atoms with E-state index in [1.54, 1.807) is 0 Å². The molecule has 0 amide bonds. The Morgan fingerprint density at radius 2 is 1.92 bits per heavy atom. The number of rotatable bonds is 3. The summed E-state index contributed by atoms with van der Waals surface area (Å²) in [5.74, 6) is 0.672. The van der Waals surface area contributed by atoms with Gasteiger partial charge in [0, 0.05) is 15.0 Å². The van der Waals surface area contributed by atoms with Gasteiger partial charge in [0.25, 0.3) is 0 Å². The van der Waals surface area contributed by atoms with E-state index < -0.39 is 0 Å². The van der Waals surface area contributed by atoms with Crippen LogP contribution in [0.5, 0.6) is 0 Å². The van der Waals surface area contributed by atoms with Gasteiger partial charge in [-0.25, -0.2) is 0 Å². The lowest BCUT2D eigenvalue weighted by Gasteiger charge is -2.08. The van der Waals surface area contributed by atoms with Crippen molar-refractivity contribution in [2.45, 2.75) is 43.8 Å². The summed E-state index contributed by atoms with van der Waals surface area (Å²) in [4.78, 5) is 3.01. The fraction of sp³-hybridized carbons (Fsp3) is 0.600. The molecule has 0 N–H and O–H groups in total. The van der Waals surface area contributed by atoms with Crippen LogP contribution >= 0.6 is 23.1 Å². The van der Waals surface area contributed by atoms with E-state index in [-0.39, 0.29) is 0 Å². The fourth-order valence-electron chi connectivity index (χ4n) is 1.08. The molecule has 0 atom stereocenters. The zero-order valence-corrected chi connectivity index (χ0v) is 9.76. The summed E-state index contributed by atoms with van der Waals surface area (Å²) < 4.78 is 0. The highest BCUT2D eigenvalue weighted by Crippen LogP contribution is 2.34. The maximum absolute atomic E-state index is 2.26. The lowest BCUT2D eigenvalue weighted by Crippen LogP contribution is -1.89. The van der Waals surface area contributed by atoms with Gasteiger partial charge in [0.1, 0.15) is 0 Å². The van der Waals surface area contributed by atoms with Crippen LogP contribution in [0, 0.1) is 0 Å². The largest absolute Gasteiger partial charge is 0.147 e. The van der Waals surface area contributed by atoms with Gasteiger partial charge in [-0.05, 0) is 17.4 Å². The summed E-state index contributed by atoms with van der Waals surface area (Å²) in [7, 11) is 0. The van der Waals surface area contributed by atoms with E-state index in [0.29, 0.717) is 11.2 Å². The zero-order valence-electron chi connectivity index (χ0n) is 8.13. The van der Waals surface area contributed by atoms with E-state index in [2.05, 4.69) is 39.1 Å². The Labute approximate surface area is 83.4 Å². The first-order chi connectivity index (χ1) is 5.61. The number of thioether (sulfide) groups is 1. The highest BCUT2D eigenvalue weighted by atomic mass is 32.2. The Bertz CT molecular complexity index is 236. The van der Waals surface area contributed by atoms with Crippen LogP contribution in [0.1, 0.15) is 38.5 Å². The van der Waals surface area contributed by atoms with Gasteiger partial charge in [-0.1, -0.05) is 27.7 Å². The van der Waals surface area contributed by atoms with E-state index in [1.807, 2.05) is 23.1 Å². The Balaban J connectivity index is 2.77. The predicted octanol–water partition coefficient (Wildman–Crippen LogP) is 4.37. The molecule has 0 saturated heterocycles.